The van der Waals surface area contributed by atoms with Crippen LogP contribution in [0.1, 0.15) is 29.8 Å². The summed E-state index contributed by atoms with van der Waals surface area (Å²) < 4.78 is 1.49. The highest BCUT2D eigenvalue weighted by atomic mass is 16.2. The number of aromatic nitrogens is 2. The van der Waals surface area contributed by atoms with Crippen LogP contribution in [-0.4, -0.2) is 33.2 Å². The SMILES string of the molecule is Cn1ncc(N)c1C(=O)N(CCC#N)C1CC1. The Labute approximate surface area is 99.6 Å². The number of nitrogen functional groups attached to an aromatic ring is 1. The zero-order valence-corrected chi connectivity index (χ0v) is 9.76. The van der Waals surface area contributed by atoms with E-state index in [4.69, 9.17) is 11.0 Å². The second kappa shape index (κ2) is 4.45. The normalized spacial score (nSPS) is 14.4. The van der Waals surface area contributed by atoms with Crippen LogP contribution in [0.15, 0.2) is 6.20 Å². The van der Waals surface area contributed by atoms with E-state index in [1.807, 2.05) is 0 Å². The van der Waals surface area contributed by atoms with E-state index in [9.17, 15) is 4.79 Å². The topological polar surface area (TPSA) is 87.9 Å². The van der Waals surface area contributed by atoms with E-state index >= 15 is 0 Å². The fourth-order valence-electron chi connectivity index (χ4n) is 1.86. The van der Waals surface area contributed by atoms with E-state index in [2.05, 4.69) is 11.2 Å². The van der Waals surface area contributed by atoms with E-state index in [0.717, 1.165) is 12.8 Å². The number of nitrogens with two attached hydrogens (primary N) is 1. The highest BCUT2D eigenvalue weighted by Gasteiger charge is 2.34. The van der Waals surface area contributed by atoms with Crippen molar-refractivity contribution >= 4 is 11.6 Å². The summed E-state index contributed by atoms with van der Waals surface area (Å²) in [5.41, 5.74) is 6.53. The van der Waals surface area contributed by atoms with Crippen LogP contribution in [-0.2, 0) is 7.05 Å². The van der Waals surface area contributed by atoms with E-state index in [-0.39, 0.29) is 11.9 Å². The third-order valence-electron chi connectivity index (χ3n) is 2.88. The van der Waals surface area contributed by atoms with E-state index in [1.165, 1.54) is 10.9 Å². The molecule has 1 heterocycles. The molecule has 0 unspecified atom stereocenters. The lowest BCUT2D eigenvalue weighted by molar-refractivity contribution is 0.0737. The molecule has 0 aromatic carbocycles. The van der Waals surface area contributed by atoms with Gasteiger partial charge in [0.25, 0.3) is 5.91 Å². The predicted molar refractivity (Wildman–Crippen MR) is 61.9 cm³/mol. The van der Waals surface area contributed by atoms with Gasteiger partial charge in [0.1, 0.15) is 5.69 Å². The number of anilines is 1. The van der Waals surface area contributed by atoms with Gasteiger partial charge in [-0.1, -0.05) is 0 Å². The minimum absolute atomic E-state index is 0.125. The quantitative estimate of drug-likeness (QED) is 0.821. The molecule has 1 aliphatic carbocycles. The van der Waals surface area contributed by atoms with Crippen LogP contribution < -0.4 is 5.73 Å². The summed E-state index contributed by atoms with van der Waals surface area (Å²) in [7, 11) is 1.69. The van der Waals surface area contributed by atoms with Crippen molar-refractivity contribution in [1.29, 1.82) is 5.26 Å². The molecule has 0 spiro atoms. The van der Waals surface area contributed by atoms with Crippen molar-refractivity contribution in [2.45, 2.75) is 25.3 Å². The molecule has 6 heteroatoms. The second-order valence-electron chi connectivity index (χ2n) is 4.21. The molecular formula is C11H15N5O. The van der Waals surface area contributed by atoms with Crippen LogP contribution >= 0.6 is 0 Å². The van der Waals surface area contributed by atoms with Gasteiger partial charge in [0.05, 0.1) is 24.4 Å². The summed E-state index contributed by atoms with van der Waals surface area (Å²) in [5, 5.41) is 12.6. The molecule has 0 bridgehead atoms. The Morgan fingerprint density at radius 1 is 1.76 bits per heavy atom. The smallest absolute Gasteiger partial charge is 0.274 e. The number of hydrogen-bond donors (Lipinski definition) is 1. The van der Waals surface area contributed by atoms with Crippen molar-refractivity contribution in [2.24, 2.45) is 7.05 Å². The molecule has 1 saturated carbocycles. The summed E-state index contributed by atoms with van der Waals surface area (Å²) in [4.78, 5) is 14.0. The molecule has 6 nitrogen and oxygen atoms in total. The fourth-order valence-corrected chi connectivity index (χ4v) is 1.86. The molecule has 1 aromatic rings. The van der Waals surface area contributed by atoms with E-state index in [1.54, 1.807) is 11.9 Å². The maximum absolute atomic E-state index is 12.3. The lowest BCUT2D eigenvalue weighted by Crippen LogP contribution is -2.35. The first kappa shape index (κ1) is 11.5. The molecule has 1 aromatic heterocycles. The van der Waals surface area contributed by atoms with Gasteiger partial charge in [-0.05, 0) is 12.8 Å². The molecule has 90 valence electrons. The molecule has 0 saturated heterocycles. The average Bonchev–Trinajstić information content (AvgIpc) is 3.06. The zero-order valence-electron chi connectivity index (χ0n) is 9.76. The molecular weight excluding hydrogens is 218 g/mol. The third kappa shape index (κ3) is 2.23. The Kier molecular flexibility index (Phi) is 3.00. The van der Waals surface area contributed by atoms with Crippen LogP contribution in [0.5, 0.6) is 0 Å². The van der Waals surface area contributed by atoms with Gasteiger partial charge >= 0.3 is 0 Å². The molecule has 0 atom stereocenters. The predicted octanol–water partition coefficient (Wildman–Crippen LogP) is 0.521. The van der Waals surface area contributed by atoms with Crippen molar-refractivity contribution in [2.75, 3.05) is 12.3 Å². The first-order valence-corrected chi connectivity index (χ1v) is 5.60. The van der Waals surface area contributed by atoms with Gasteiger partial charge in [0.2, 0.25) is 0 Å². The third-order valence-corrected chi connectivity index (χ3v) is 2.88. The van der Waals surface area contributed by atoms with Gasteiger partial charge in [-0.3, -0.25) is 9.48 Å². The maximum Gasteiger partial charge on any atom is 0.274 e. The summed E-state index contributed by atoms with van der Waals surface area (Å²) >= 11 is 0. The number of aryl methyl sites for hydroxylation is 1. The fraction of sp³-hybridized carbons (Fsp3) is 0.545. The molecule has 0 radical (unpaired) electrons. The van der Waals surface area contributed by atoms with Crippen LogP contribution in [0.25, 0.3) is 0 Å². The van der Waals surface area contributed by atoms with Gasteiger partial charge in [-0.2, -0.15) is 10.4 Å². The van der Waals surface area contributed by atoms with Gasteiger partial charge in [-0.15, -0.1) is 0 Å². The minimum atomic E-state index is -0.125. The van der Waals surface area contributed by atoms with Crippen molar-refractivity contribution in [3.05, 3.63) is 11.9 Å². The van der Waals surface area contributed by atoms with Crippen LogP contribution in [0, 0.1) is 11.3 Å². The molecule has 0 aliphatic heterocycles. The van der Waals surface area contributed by atoms with Crippen LogP contribution in [0.3, 0.4) is 0 Å². The van der Waals surface area contributed by atoms with Gasteiger partial charge in [0, 0.05) is 19.6 Å². The first-order chi connectivity index (χ1) is 8.15. The minimum Gasteiger partial charge on any atom is -0.396 e. The number of nitriles is 1. The molecule has 1 fully saturated rings. The number of carbonyl (C=O) groups is 1. The number of hydrogen-bond acceptors (Lipinski definition) is 4. The lowest BCUT2D eigenvalue weighted by atomic mass is 10.3. The van der Waals surface area contributed by atoms with Crippen molar-refractivity contribution < 1.29 is 4.79 Å². The zero-order chi connectivity index (χ0) is 12.4. The average molecular weight is 233 g/mol. The van der Waals surface area contributed by atoms with E-state index < -0.39 is 0 Å². The Bertz CT molecular complexity index is 449. The van der Waals surface area contributed by atoms with E-state index in [0.29, 0.717) is 24.3 Å². The highest BCUT2D eigenvalue weighted by molar-refractivity contribution is 5.97. The number of rotatable bonds is 4. The number of nitrogens with zero attached hydrogens (tertiary/aromatic N) is 4. The Hall–Kier alpha value is -2.03. The molecule has 17 heavy (non-hydrogen) atoms. The lowest BCUT2D eigenvalue weighted by Gasteiger charge is -2.21. The summed E-state index contributed by atoms with van der Waals surface area (Å²) in [6, 6.07) is 2.33. The van der Waals surface area contributed by atoms with Crippen molar-refractivity contribution in [1.82, 2.24) is 14.7 Å². The molecule has 2 N–H and O–H groups in total. The van der Waals surface area contributed by atoms with Gasteiger partial charge in [0.15, 0.2) is 0 Å². The largest absolute Gasteiger partial charge is 0.396 e. The maximum atomic E-state index is 12.3. The van der Waals surface area contributed by atoms with Crippen molar-refractivity contribution in [3.8, 4) is 6.07 Å². The van der Waals surface area contributed by atoms with Gasteiger partial charge < -0.3 is 10.6 Å². The van der Waals surface area contributed by atoms with Crippen LogP contribution in [0.4, 0.5) is 5.69 Å². The van der Waals surface area contributed by atoms with Crippen LogP contribution in [0.2, 0.25) is 0 Å². The number of carbonyl (C=O) groups excluding carboxylic acids is 1. The summed E-state index contributed by atoms with van der Waals surface area (Å²) in [5.74, 6) is -0.125. The summed E-state index contributed by atoms with van der Waals surface area (Å²) in [6.45, 7) is 0.463. The number of amides is 1. The Balaban J connectivity index is 2.19. The molecule has 2 rings (SSSR count). The summed E-state index contributed by atoms with van der Waals surface area (Å²) in [6.07, 6.45) is 3.84. The monoisotopic (exact) mass is 233 g/mol. The van der Waals surface area contributed by atoms with Gasteiger partial charge in [-0.25, -0.2) is 0 Å². The molecule has 1 amide bonds. The highest BCUT2D eigenvalue weighted by Crippen LogP contribution is 2.29. The Morgan fingerprint density at radius 2 is 2.47 bits per heavy atom. The standard InChI is InChI=1S/C11H15N5O/c1-15-10(9(13)7-14-15)11(17)16(6-2-5-12)8-3-4-8/h7-8H,2-4,6,13H2,1H3. The van der Waals surface area contributed by atoms with Crippen molar-refractivity contribution in [3.63, 3.8) is 0 Å². The first-order valence-electron chi connectivity index (χ1n) is 5.60. The Morgan fingerprint density at radius 3 is 2.94 bits per heavy atom. The second-order valence-corrected chi connectivity index (χ2v) is 4.21. The molecule has 1 aliphatic rings.